The van der Waals surface area contributed by atoms with Crippen LogP contribution in [0.25, 0.3) is 32.6 Å². The molecule has 0 aliphatic rings. The van der Waals surface area contributed by atoms with Crippen LogP contribution in [0.5, 0.6) is 5.75 Å². The summed E-state index contributed by atoms with van der Waals surface area (Å²) in [6, 6.07) is 31.6. The number of ketones is 1. The zero-order chi connectivity index (χ0) is 30.1. The average Bonchev–Trinajstić information content (AvgIpc) is 3.34. The molecule has 6 aromatic rings. The second kappa shape index (κ2) is 11.6. The minimum absolute atomic E-state index is 0.0901. The number of oxime groups is 1. The predicted molar refractivity (Wildman–Crippen MR) is 172 cm³/mol. The summed E-state index contributed by atoms with van der Waals surface area (Å²) >= 11 is 0. The highest BCUT2D eigenvalue weighted by atomic mass is 16.7. The van der Waals surface area contributed by atoms with Gasteiger partial charge in [-0.25, -0.2) is 4.79 Å². The van der Waals surface area contributed by atoms with Crippen LogP contribution in [-0.2, 0) is 16.2 Å². The van der Waals surface area contributed by atoms with Crippen molar-refractivity contribution in [3.8, 4) is 5.75 Å². The Morgan fingerprint density at radius 1 is 0.767 bits per heavy atom. The number of aromatic nitrogens is 1. The SMILES string of the molecule is CCOc1ccc2ccccc2c1C(=O)c1ccc2c(c1)c1cc(/C(=N\OC(C)=O)c3ccccc3C)ccc1n2CC. The normalized spacial score (nSPS) is 11.8. The summed E-state index contributed by atoms with van der Waals surface area (Å²) in [5, 5.41) is 8.06. The molecule has 5 aromatic carbocycles. The molecule has 0 fully saturated rings. The van der Waals surface area contributed by atoms with E-state index < -0.39 is 5.97 Å². The molecule has 0 bridgehead atoms. The van der Waals surface area contributed by atoms with E-state index in [1.807, 2.05) is 98.8 Å². The van der Waals surface area contributed by atoms with Gasteiger partial charge in [-0.15, -0.1) is 0 Å². The van der Waals surface area contributed by atoms with Crippen molar-refractivity contribution in [2.75, 3.05) is 6.61 Å². The van der Waals surface area contributed by atoms with E-state index >= 15 is 0 Å². The van der Waals surface area contributed by atoms with E-state index in [0.717, 1.165) is 55.8 Å². The lowest BCUT2D eigenvalue weighted by Gasteiger charge is -2.13. The van der Waals surface area contributed by atoms with E-state index in [9.17, 15) is 9.59 Å². The third-order valence-corrected chi connectivity index (χ3v) is 7.80. The third kappa shape index (κ3) is 5.06. The Bertz CT molecular complexity index is 2070. The van der Waals surface area contributed by atoms with Crippen molar-refractivity contribution in [1.82, 2.24) is 4.57 Å². The molecule has 6 rings (SSSR count). The smallest absolute Gasteiger partial charge is 0.332 e. The Labute approximate surface area is 250 Å². The fraction of sp³-hybridized carbons (Fsp3) is 0.162. The number of benzene rings is 5. The van der Waals surface area contributed by atoms with E-state index in [1.54, 1.807) is 0 Å². The number of carbonyl (C=O) groups excluding carboxylic acids is 2. The van der Waals surface area contributed by atoms with Gasteiger partial charge in [-0.1, -0.05) is 65.8 Å². The number of rotatable bonds is 8. The maximum absolute atomic E-state index is 14.2. The Hall–Kier alpha value is -5.23. The molecule has 0 radical (unpaired) electrons. The maximum atomic E-state index is 14.2. The van der Waals surface area contributed by atoms with Crippen LogP contribution in [-0.4, -0.2) is 28.6 Å². The molecule has 0 aliphatic carbocycles. The molecule has 0 spiro atoms. The zero-order valence-electron chi connectivity index (χ0n) is 24.7. The Balaban J connectivity index is 1.55. The molecule has 6 heteroatoms. The van der Waals surface area contributed by atoms with E-state index in [1.165, 1.54) is 6.92 Å². The highest BCUT2D eigenvalue weighted by Gasteiger charge is 2.21. The van der Waals surface area contributed by atoms with Crippen LogP contribution in [0, 0.1) is 6.92 Å². The molecule has 6 nitrogen and oxygen atoms in total. The molecule has 0 atom stereocenters. The molecule has 0 amide bonds. The van der Waals surface area contributed by atoms with Crippen molar-refractivity contribution in [2.45, 2.75) is 34.2 Å². The fourth-order valence-corrected chi connectivity index (χ4v) is 5.85. The van der Waals surface area contributed by atoms with Crippen molar-refractivity contribution in [2.24, 2.45) is 5.16 Å². The summed E-state index contributed by atoms with van der Waals surface area (Å²) in [5.74, 6) is -0.000363. The first-order valence-electron chi connectivity index (χ1n) is 14.5. The average molecular weight is 569 g/mol. The molecule has 0 unspecified atom stereocenters. The Kier molecular flexibility index (Phi) is 7.51. The highest BCUT2D eigenvalue weighted by molar-refractivity contribution is 6.21. The summed E-state index contributed by atoms with van der Waals surface area (Å²) in [7, 11) is 0. The number of aryl methyl sites for hydroxylation is 2. The molecule has 1 aromatic heterocycles. The summed E-state index contributed by atoms with van der Waals surface area (Å²) in [4.78, 5) is 31.1. The van der Waals surface area contributed by atoms with Crippen LogP contribution in [0.4, 0.5) is 0 Å². The second-order valence-electron chi connectivity index (χ2n) is 10.5. The maximum Gasteiger partial charge on any atom is 0.332 e. The standard InChI is InChI=1S/C37H32N2O4/c1-5-39-32-18-15-26(36(38-43-24(4)40)28-13-9-7-11-23(28)3)21-30(32)31-22-27(16-19-33(31)39)37(41)35-29-14-10-8-12-25(29)17-20-34(35)42-6-2/h7-22H,5-6H2,1-4H3/b38-36+. The predicted octanol–water partition coefficient (Wildman–Crippen LogP) is 8.22. The summed E-state index contributed by atoms with van der Waals surface area (Å²) < 4.78 is 8.17. The Morgan fingerprint density at radius 2 is 1.44 bits per heavy atom. The van der Waals surface area contributed by atoms with E-state index in [4.69, 9.17) is 9.57 Å². The van der Waals surface area contributed by atoms with Crippen LogP contribution in [0.15, 0.2) is 102 Å². The molecule has 214 valence electrons. The minimum atomic E-state index is -0.488. The number of hydrogen-bond acceptors (Lipinski definition) is 5. The van der Waals surface area contributed by atoms with Gasteiger partial charge in [0.15, 0.2) is 5.78 Å². The topological polar surface area (TPSA) is 69.9 Å². The van der Waals surface area contributed by atoms with Gasteiger partial charge in [-0.05, 0) is 73.5 Å². The van der Waals surface area contributed by atoms with Gasteiger partial charge in [-0.3, -0.25) is 4.79 Å². The molecule has 0 saturated carbocycles. The van der Waals surface area contributed by atoms with Crippen molar-refractivity contribution < 1.29 is 19.2 Å². The fourth-order valence-electron chi connectivity index (χ4n) is 5.85. The lowest BCUT2D eigenvalue weighted by molar-refractivity contribution is -0.140. The van der Waals surface area contributed by atoms with Gasteiger partial charge in [0.25, 0.3) is 0 Å². The number of fused-ring (bicyclic) bond motifs is 4. The summed E-state index contributed by atoms with van der Waals surface area (Å²) in [6.07, 6.45) is 0. The lowest BCUT2D eigenvalue weighted by Crippen LogP contribution is -2.08. The van der Waals surface area contributed by atoms with Gasteiger partial charge in [-0.2, -0.15) is 0 Å². The number of carbonyl (C=O) groups is 2. The van der Waals surface area contributed by atoms with Crippen molar-refractivity contribution in [3.05, 3.63) is 125 Å². The minimum Gasteiger partial charge on any atom is -0.493 e. The molecule has 0 N–H and O–H groups in total. The molecular weight excluding hydrogens is 536 g/mol. The van der Waals surface area contributed by atoms with Gasteiger partial charge in [0.2, 0.25) is 0 Å². The monoisotopic (exact) mass is 568 g/mol. The van der Waals surface area contributed by atoms with Crippen molar-refractivity contribution in [3.63, 3.8) is 0 Å². The molecule has 0 aliphatic heterocycles. The van der Waals surface area contributed by atoms with E-state index in [-0.39, 0.29) is 5.78 Å². The first kappa shape index (κ1) is 27.9. The van der Waals surface area contributed by atoms with Crippen molar-refractivity contribution >= 4 is 50.0 Å². The lowest BCUT2D eigenvalue weighted by atomic mass is 9.94. The first-order valence-corrected chi connectivity index (χ1v) is 14.5. The molecule has 1 heterocycles. The van der Waals surface area contributed by atoms with Gasteiger partial charge in [0.05, 0.1) is 12.2 Å². The van der Waals surface area contributed by atoms with Crippen LogP contribution in [0.2, 0.25) is 0 Å². The number of hydrogen-bond donors (Lipinski definition) is 0. The zero-order valence-corrected chi connectivity index (χ0v) is 24.7. The number of nitrogens with zero attached hydrogens (tertiary/aromatic N) is 2. The van der Waals surface area contributed by atoms with Gasteiger partial charge >= 0.3 is 5.97 Å². The van der Waals surface area contributed by atoms with Crippen LogP contribution >= 0.6 is 0 Å². The second-order valence-corrected chi connectivity index (χ2v) is 10.5. The third-order valence-electron chi connectivity index (χ3n) is 7.80. The largest absolute Gasteiger partial charge is 0.493 e. The van der Waals surface area contributed by atoms with Crippen LogP contribution in [0.3, 0.4) is 0 Å². The first-order chi connectivity index (χ1) is 20.9. The van der Waals surface area contributed by atoms with Crippen LogP contribution < -0.4 is 4.74 Å². The Morgan fingerprint density at radius 3 is 2.14 bits per heavy atom. The van der Waals surface area contributed by atoms with Crippen LogP contribution in [0.1, 0.15) is 53.4 Å². The van der Waals surface area contributed by atoms with Gasteiger partial charge in [0.1, 0.15) is 11.5 Å². The van der Waals surface area contributed by atoms with E-state index in [0.29, 0.717) is 29.2 Å². The summed E-state index contributed by atoms with van der Waals surface area (Å²) in [5.41, 5.74) is 6.48. The number of ether oxygens (including phenoxy) is 1. The molecule has 0 saturated heterocycles. The molecular formula is C37H32N2O4. The summed E-state index contributed by atoms with van der Waals surface area (Å²) in [6.45, 7) is 8.59. The van der Waals surface area contributed by atoms with Gasteiger partial charge < -0.3 is 14.1 Å². The van der Waals surface area contributed by atoms with Crippen molar-refractivity contribution in [1.29, 1.82) is 0 Å². The highest BCUT2D eigenvalue weighted by Crippen LogP contribution is 2.35. The molecule has 43 heavy (non-hydrogen) atoms. The quantitative estimate of drug-likeness (QED) is 0.0803. The van der Waals surface area contributed by atoms with Gasteiger partial charge in [0, 0.05) is 52.0 Å². The van der Waals surface area contributed by atoms with E-state index in [2.05, 4.69) is 28.8 Å².